The van der Waals surface area contributed by atoms with Crippen molar-refractivity contribution in [3.8, 4) is 5.75 Å². The number of hydrogen-bond acceptors (Lipinski definition) is 4. The van der Waals surface area contributed by atoms with E-state index in [-0.39, 0.29) is 11.8 Å². The first-order valence-electron chi connectivity index (χ1n) is 10.9. The Labute approximate surface area is 180 Å². The molecule has 2 aliphatic rings. The number of piperidine rings is 1. The van der Waals surface area contributed by atoms with Crippen molar-refractivity contribution in [1.29, 1.82) is 0 Å². The molecule has 0 bridgehead atoms. The molecule has 160 valence electrons. The van der Waals surface area contributed by atoms with Crippen LogP contribution < -0.4 is 10.1 Å². The van der Waals surface area contributed by atoms with Crippen molar-refractivity contribution >= 4 is 22.7 Å². The number of benzene rings is 2. The summed E-state index contributed by atoms with van der Waals surface area (Å²) >= 11 is 0. The summed E-state index contributed by atoms with van der Waals surface area (Å²) < 4.78 is 6.27. The number of carbonyl (C=O) groups is 2. The lowest BCUT2D eigenvalue weighted by Gasteiger charge is -2.44. The molecule has 1 spiro atoms. The van der Waals surface area contributed by atoms with Gasteiger partial charge in [0, 0.05) is 36.9 Å². The number of aromatic amines is 1. The third kappa shape index (κ3) is 3.34. The highest BCUT2D eigenvalue weighted by Crippen LogP contribution is 2.34. The van der Waals surface area contributed by atoms with E-state index in [9.17, 15) is 9.59 Å². The summed E-state index contributed by atoms with van der Waals surface area (Å²) in [5.41, 5.74) is 3.68. The van der Waals surface area contributed by atoms with Crippen molar-refractivity contribution in [3.63, 3.8) is 0 Å². The normalized spacial score (nSPS) is 17.4. The summed E-state index contributed by atoms with van der Waals surface area (Å²) in [6, 6.07) is 9.63. The van der Waals surface area contributed by atoms with E-state index in [0.29, 0.717) is 42.8 Å². The molecule has 0 radical (unpaired) electrons. The molecule has 1 saturated heterocycles. The van der Waals surface area contributed by atoms with E-state index in [4.69, 9.17) is 4.74 Å². The Morgan fingerprint density at radius 1 is 1.16 bits per heavy atom. The highest BCUT2D eigenvalue weighted by Gasteiger charge is 2.43. The van der Waals surface area contributed by atoms with Crippen LogP contribution in [0.15, 0.2) is 36.5 Å². The number of hydrogen-bond donors (Lipinski definition) is 2. The van der Waals surface area contributed by atoms with Crippen LogP contribution in [0, 0.1) is 0 Å². The minimum Gasteiger partial charge on any atom is -0.467 e. The zero-order chi connectivity index (χ0) is 21.6. The smallest absolute Gasteiger partial charge is 0.258 e. The van der Waals surface area contributed by atoms with Crippen LogP contribution in [0.2, 0.25) is 0 Å². The maximum absolute atomic E-state index is 13.2. The molecule has 2 N–H and O–H groups in total. The summed E-state index contributed by atoms with van der Waals surface area (Å²) in [6.45, 7) is 5.17. The highest BCUT2D eigenvalue weighted by molar-refractivity contribution is 6.00. The molecule has 5 rings (SSSR count). The zero-order valence-corrected chi connectivity index (χ0v) is 17.8. The number of nitrogens with zero attached hydrogens (tertiary/aromatic N) is 2. The van der Waals surface area contributed by atoms with Gasteiger partial charge in [-0.1, -0.05) is 19.9 Å². The van der Waals surface area contributed by atoms with Gasteiger partial charge in [-0.15, -0.1) is 0 Å². The SMILES string of the molecule is CCc1ccc2c(c1)C(=O)NC1(CCN(C(=O)c3cc(CC)c4[nH]ncc4c3)CC1)O2. The lowest BCUT2D eigenvalue weighted by Crippen LogP contribution is -2.61. The molecule has 7 heteroatoms. The Bertz CT molecular complexity index is 1170. The Morgan fingerprint density at radius 3 is 2.71 bits per heavy atom. The lowest BCUT2D eigenvalue weighted by atomic mass is 9.95. The number of nitrogens with one attached hydrogen (secondary N) is 2. The van der Waals surface area contributed by atoms with Crippen molar-refractivity contribution in [3.05, 3.63) is 58.8 Å². The van der Waals surface area contributed by atoms with Gasteiger partial charge in [0.2, 0.25) is 0 Å². The van der Waals surface area contributed by atoms with Crippen LogP contribution in [0.4, 0.5) is 0 Å². The number of carbonyl (C=O) groups excluding carboxylic acids is 2. The topological polar surface area (TPSA) is 87.3 Å². The number of rotatable bonds is 3. The second kappa shape index (κ2) is 7.41. The maximum atomic E-state index is 13.2. The molecule has 2 aliphatic heterocycles. The van der Waals surface area contributed by atoms with Gasteiger partial charge >= 0.3 is 0 Å². The van der Waals surface area contributed by atoms with Gasteiger partial charge in [-0.3, -0.25) is 14.7 Å². The van der Waals surface area contributed by atoms with Gasteiger partial charge in [0.25, 0.3) is 11.8 Å². The monoisotopic (exact) mass is 418 g/mol. The van der Waals surface area contributed by atoms with E-state index in [1.54, 1.807) is 6.20 Å². The number of likely N-dealkylation sites (tertiary alicyclic amines) is 1. The number of ether oxygens (including phenoxy) is 1. The van der Waals surface area contributed by atoms with Gasteiger partial charge < -0.3 is 15.0 Å². The zero-order valence-electron chi connectivity index (χ0n) is 17.8. The standard InChI is InChI=1S/C24H26N4O3/c1-3-15-5-6-20-19(11-15)22(29)26-24(31-20)7-9-28(10-8-24)23(30)17-12-16(4-2)21-18(13-17)14-25-27-21/h5-6,11-14H,3-4,7-10H2,1-2H3,(H,25,27)(H,26,29). The number of fused-ring (bicyclic) bond motifs is 2. The van der Waals surface area contributed by atoms with Gasteiger partial charge in [0.05, 0.1) is 17.3 Å². The van der Waals surface area contributed by atoms with Gasteiger partial charge in [0.15, 0.2) is 5.72 Å². The summed E-state index contributed by atoms with van der Waals surface area (Å²) in [7, 11) is 0. The van der Waals surface area contributed by atoms with E-state index < -0.39 is 5.72 Å². The molecule has 3 heterocycles. The average molecular weight is 418 g/mol. The van der Waals surface area contributed by atoms with Crippen molar-refractivity contribution in [1.82, 2.24) is 20.4 Å². The minimum absolute atomic E-state index is 0.00257. The van der Waals surface area contributed by atoms with Crippen molar-refractivity contribution < 1.29 is 14.3 Å². The molecular formula is C24H26N4O3. The summed E-state index contributed by atoms with van der Waals surface area (Å²) in [4.78, 5) is 27.8. The minimum atomic E-state index is -0.752. The first kappa shape index (κ1) is 19.6. The van der Waals surface area contributed by atoms with Crippen LogP contribution in [0.1, 0.15) is 58.5 Å². The Kier molecular flexibility index (Phi) is 4.68. The fourth-order valence-corrected chi connectivity index (χ4v) is 4.59. The van der Waals surface area contributed by atoms with Crippen LogP contribution in [-0.2, 0) is 12.8 Å². The van der Waals surface area contributed by atoms with Crippen LogP contribution in [0.3, 0.4) is 0 Å². The molecule has 0 unspecified atom stereocenters. The fraction of sp³-hybridized carbons (Fsp3) is 0.375. The third-order valence-corrected chi connectivity index (χ3v) is 6.46. The van der Waals surface area contributed by atoms with Crippen molar-refractivity contribution in [2.75, 3.05) is 13.1 Å². The molecule has 1 fully saturated rings. The Hall–Kier alpha value is -3.35. The number of aryl methyl sites for hydroxylation is 2. The van der Waals surface area contributed by atoms with Crippen LogP contribution >= 0.6 is 0 Å². The van der Waals surface area contributed by atoms with Crippen LogP contribution in [0.5, 0.6) is 5.75 Å². The van der Waals surface area contributed by atoms with Gasteiger partial charge in [0.1, 0.15) is 5.75 Å². The molecule has 0 saturated carbocycles. The van der Waals surface area contributed by atoms with Crippen molar-refractivity contribution in [2.45, 2.75) is 45.3 Å². The number of H-pyrrole nitrogens is 1. The predicted octanol–water partition coefficient (Wildman–Crippen LogP) is 3.44. The summed E-state index contributed by atoms with van der Waals surface area (Å²) in [5.74, 6) is 0.524. The molecule has 1 aromatic heterocycles. The van der Waals surface area contributed by atoms with E-state index in [1.165, 1.54) is 0 Å². The first-order chi connectivity index (χ1) is 15.0. The molecule has 2 amide bonds. The molecule has 7 nitrogen and oxygen atoms in total. The number of amides is 2. The molecule has 2 aromatic carbocycles. The van der Waals surface area contributed by atoms with Crippen LogP contribution in [-0.4, -0.2) is 45.7 Å². The summed E-state index contributed by atoms with van der Waals surface area (Å²) in [5, 5.41) is 11.1. The summed E-state index contributed by atoms with van der Waals surface area (Å²) in [6.07, 6.45) is 4.54. The van der Waals surface area contributed by atoms with E-state index in [1.807, 2.05) is 35.2 Å². The van der Waals surface area contributed by atoms with Crippen molar-refractivity contribution in [2.24, 2.45) is 0 Å². The third-order valence-electron chi connectivity index (χ3n) is 6.46. The molecule has 0 atom stereocenters. The highest BCUT2D eigenvalue weighted by atomic mass is 16.5. The number of aromatic nitrogens is 2. The molecule has 3 aromatic rings. The van der Waals surface area contributed by atoms with E-state index in [0.717, 1.165) is 34.9 Å². The lowest BCUT2D eigenvalue weighted by molar-refractivity contribution is -0.0245. The quantitative estimate of drug-likeness (QED) is 0.682. The predicted molar refractivity (Wildman–Crippen MR) is 117 cm³/mol. The molecular weight excluding hydrogens is 392 g/mol. The molecule has 31 heavy (non-hydrogen) atoms. The van der Waals surface area contributed by atoms with Gasteiger partial charge in [-0.05, 0) is 48.2 Å². The second-order valence-electron chi connectivity index (χ2n) is 8.35. The second-order valence-corrected chi connectivity index (χ2v) is 8.35. The average Bonchev–Trinajstić information content (AvgIpc) is 3.27. The Morgan fingerprint density at radius 2 is 1.97 bits per heavy atom. The maximum Gasteiger partial charge on any atom is 0.258 e. The Balaban J connectivity index is 1.33. The molecule has 0 aliphatic carbocycles. The van der Waals surface area contributed by atoms with Gasteiger partial charge in [-0.25, -0.2) is 0 Å². The first-order valence-corrected chi connectivity index (χ1v) is 10.9. The van der Waals surface area contributed by atoms with Crippen LogP contribution in [0.25, 0.3) is 10.9 Å². The fourth-order valence-electron chi connectivity index (χ4n) is 4.59. The van der Waals surface area contributed by atoms with E-state index in [2.05, 4.69) is 29.4 Å². The van der Waals surface area contributed by atoms with Gasteiger partial charge in [-0.2, -0.15) is 5.10 Å². The largest absolute Gasteiger partial charge is 0.467 e. The van der Waals surface area contributed by atoms with E-state index >= 15 is 0 Å².